The van der Waals surface area contributed by atoms with Crippen LogP contribution >= 0.6 is 0 Å². The maximum Gasteiger partial charge on any atom is 0.243 e. The number of sulfonamides is 1. The molecule has 2 aromatic rings. The Labute approximate surface area is 250 Å². The van der Waals surface area contributed by atoms with E-state index in [2.05, 4.69) is 36.7 Å². The quantitative estimate of drug-likeness (QED) is 0.256. The van der Waals surface area contributed by atoms with Crippen molar-refractivity contribution in [3.05, 3.63) is 54.1 Å². The molecule has 2 atom stereocenters. The Balaban J connectivity index is 0.00000144. The predicted octanol–water partition coefficient (Wildman–Crippen LogP) is 2.15. The van der Waals surface area contributed by atoms with E-state index in [1.807, 2.05) is 44.2 Å². The number of aliphatic hydroxyl groups is 1. The molecule has 2 amide bonds. The van der Waals surface area contributed by atoms with Crippen molar-refractivity contribution in [3.8, 4) is 11.5 Å². The summed E-state index contributed by atoms with van der Waals surface area (Å²) in [5, 5.41) is 19.2. The van der Waals surface area contributed by atoms with Crippen LogP contribution in [0.25, 0.3) is 0 Å². The summed E-state index contributed by atoms with van der Waals surface area (Å²) in [7, 11) is -2.40. The van der Waals surface area contributed by atoms with Crippen molar-refractivity contribution in [1.82, 2.24) is 20.3 Å². The van der Waals surface area contributed by atoms with Gasteiger partial charge in [0, 0.05) is 19.2 Å². The molecule has 1 aliphatic heterocycles. The van der Waals surface area contributed by atoms with Crippen LogP contribution in [0.15, 0.2) is 53.4 Å². The summed E-state index contributed by atoms with van der Waals surface area (Å²) < 4.78 is 39.1. The minimum absolute atomic E-state index is 0.0174. The second kappa shape index (κ2) is 17.1. The van der Waals surface area contributed by atoms with E-state index >= 15 is 0 Å². The highest BCUT2D eigenvalue weighted by molar-refractivity contribution is 7.89. The van der Waals surface area contributed by atoms with Crippen LogP contribution in [0, 0.1) is 11.8 Å². The third kappa shape index (κ3) is 11.6. The fourth-order valence-electron chi connectivity index (χ4n) is 4.01. The zero-order valence-corrected chi connectivity index (χ0v) is 26.2. The normalized spacial score (nSPS) is 13.9. The molecule has 0 fully saturated rings. The predicted molar refractivity (Wildman–Crippen MR) is 162 cm³/mol. The molecule has 0 unspecified atom stereocenters. The number of rotatable bonds is 14. The van der Waals surface area contributed by atoms with Gasteiger partial charge in [-0.25, -0.2) is 8.42 Å². The van der Waals surface area contributed by atoms with E-state index in [0.717, 1.165) is 11.5 Å². The van der Waals surface area contributed by atoms with E-state index in [9.17, 15) is 23.1 Å². The fourth-order valence-corrected chi connectivity index (χ4v) is 5.65. The first-order valence-corrected chi connectivity index (χ1v) is 15.6. The second-order valence-electron chi connectivity index (χ2n) is 11.2. The van der Waals surface area contributed by atoms with Crippen molar-refractivity contribution >= 4 is 21.8 Å². The lowest BCUT2D eigenvalue weighted by Gasteiger charge is -2.31. The summed E-state index contributed by atoms with van der Waals surface area (Å²) in [6, 6.07) is 12.8. The Hall–Kier alpha value is -3.19. The Morgan fingerprint density at radius 3 is 2.19 bits per heavy atom. The van der Waals surface area contributed by atoms with Crippen LogP contribution in [-0.2, 0) is 26.0 Å². The van der Waals surface area contributed by atoms with Gasteiger partial charge in [-0.05, 0) is 43.0 Å². The molecule has 0 aliphatic carbocycles. The van der Waals surface area contributed by atoms with Gasteiger partial charge in [0.25, 0.3) is 0 Å². The number of nitrogens with zero attached hydrogens (tertiary/aromatic N) is 1. The minimum atomic E-state index is -4.01. The van der Waals surface area contributed by atoms with E-state index in [1.54, 1.807) is 13.1 Å². The summed E-state index contributed by atoms with van der Waals surface area (Å²) in [6.45, 7) is 9.97. The third-order valence-electron chi connectivity index (χ3n) is 5.83. The van der Waals surface area contributed by atoms with Crippen LogP contribution in [0.5, 0.6) is 11.5 Å². The summed E-state index contributed by atoms with van der Waals surface area (Å²) >= 11 is 0. The number of ether oxygens (including phenoxy) is 2. The molecular formula is C30H46N4O7S. The van der Waals surface area contributed by atoms with Gasteiger partial charge in [-0.2, -0.15) is 4.31 Å². The molecule has 1 heterocycles. The lowest BCUT2D eigenvalue weighted by molar-refractivity contribution is -0.126. The molecule has 0 spiro atoms. The monoisotopic (exact) mass is 606 g/mol. The number of fused-ring (bicyclic) bond motifs is 1. The molecule has 1 aliphatic rings. The number of likely N-dealkylation sites (N-methyl/N-ethyl adjacent to an activating group) is 1. The number of hydrogen-bond donors (Lipinski definition) is 4. The molecule has 42 heavy (non-hydrogen) atoms. The molecule has 11 nitrogen and oxygen atoms in total. The molecule has 3 rings (SSSR count). The number of carbonyl (C=O) groups is 2. The SMILES string of the molecule is CC(C)C.CNCC(=O)NCC(=O)N[C@@H](Cc1ccccc1)[C@H](O)CN(CC(C)C)S(=O)(=O)c1ccc2c(c1)OCO2. The summed E-state index contributed by atoms with van der Waals surface area (Å²) in [5.74, 6) is 0.761. The van der Waals surface area contributed by atoms with Crippen LogP contribution in [0.1, 0.15) is 40.2 Å². The molecule has 2 aromatic carbocycles. The molecule has 0 aromatic heterocycles. The van der Waals surface area contributed by atoms with E-state index in [1.165, 1.54) is 16.4 Å². The lowest BCUT2D eigenvalue weighted by atomic mass is 10.0. The van der Waals surface area contributed by atoms with E-state index < -0.39 is 28.1 Å². The Morgan fingerprint density at radius 1 is 0.929 bits per heavy atom. The number of nitrogens with one attached hydrogen (secondary N) is 3. The summed E-state index contributed by atoms with van der Waals surface area (Å²) in [5.41, 5.74) is 0.852. The van der Waals surface area contributed by atoms with Crippen molar-refractivity contribution < 1.29 is 32.6 Å². The summed E-state index contributed by atoms with van der Waals surface area (Å²) in [6.07, 6.45) is -0.979. The summed E-state index contributed by atoms with van der Waals surface area (Å²) in [4.78, 5) is 24.4. The molecule has 0 bridgehead atoms. The average Bonchev–Trinajstić information content (AvgIpc) is 3.39. The molecule has 12 heteroatoms. The minimum Gasteiger partial charge on any atom is -0.454 e. The highest BCUT2D eigenvalue weighted by atomic mass is 32.2. The highest BCUT2D eigenvalue weighted by Crippen LogP contribution is 2.34. The third-order valence-corrected chi connectivity index (χ3v) is 7.66. The first-order chi connectivity index (χ1) is 19.8. The van der Waals surface area contributed by atoms with E-state index in [0.29, 0.717) is 11.5 Å². The smallest absolute Gasteiger partial charge is 0.243 e. The van der Waals surface area contributed by atoms with Crippen LogP contribution in [0.2, 0.25) is 0 Å². The van der Waals surface area contributed by atoms with Gasteiger partial charge in [0.1, 0.15) is 0 Å². The van der Waals surface area contributed by atoms with Crippen molar-refractivity contribution in [3.63, 3.8) is 0 Å². The molecule has 0 saturated carbocycles. The number of amides is 2. The second-order valence-corrected chi connectivity index (χ2v) is 13.1. The average molecular weight is 607 g/mol. The maximum atomic E-state index is 13.6. The van der Waals surface area contributed by atoms with Gasteiger partial charge in [0.05, 0.1) is 30.1 Å². The fraction of sp³-hybridized carbons (Fsp3) is 0.533. The van der Waals surface area contributed by atoms with Gasteiger partial charge >= 0.3 is 0 Å². The number of benzene rings is 2. The van der Waals surface area contributed by atoms with Crippen molar-refractivity contribution in [1.29, 1.82) is 0 Å². The lowest BCUT2D eigenvalue weighted by Crippen LogP contribution is -2.53. The Morgan fingerprint density at radius 2 is 1.57 bits per heavy atom. The number of hydrogen-bond acceptors (Lipinski definition) is 8. The van der Waals surface area contributed by atoms with Crippen molar-refractivity contribution in [2.24, 2.45) is 11.8 Å². The molecule has 234 valence electrons. The van der Waals surface area contributed by atoms with Crippen LogP contribution in [0.3, 0.4) is 0 Å². The maximum absolute atomic E-state index is 13.6. The first kappa shape index (κ1) is 35.0. The van der Waals surface area contributed by atoms with E-state index in [4.69, 9.17) is 9.47 Å². The van der Waals surface area contributed by atoms with Crippen LogP contribution < -0.4 is 25.4 Å². The van der Waals surface area contributed by atoms with Gasteiger partial charge in [0.2, 0.25) is 28.6 Å². The van der Waals surface area contributed by atoms with Gasteiger partial charge in [-0.1, -0.05) is 65.0 Å². The van der Waals surface area contributed by atoms with E-state index in [-0.39, 0.29) is 56.1 Å². The number of aliphatic hydroxyl groups excluding tert-OH is 1. The zero-order chi connectivity index (χ0) is 31.3. The topological polar surface area (TPSA) is 146 Å². The molecule has 0 radical (unpaired) electrons. The Bertz CT molecular complexity index is 1240. The highest BCUT2D eigenvalue weighted by Gasteiger charge is 2.32. The largest absolute Gasteiger partial charge is 0.454 e. The van der Waals surface area contributed by atoms with Crippen molar-refractivity contribution in [2.45, 2.75) is 58.1 Å². The molecule has 4 N–H and O–H groups in total. The van der Waals surface area contributed by atoms with Crippen molar-refractivity contribution in [2.75, 3.05) is 40.0 Å². The Kier molecular flexibility index (Phi) is 14.2. The van der Waals surface area contributed by atoms with Crippen LogP contribution in [0.4, 0.5) is 0 Å². The molecular weight excluding hydrogens is 560 g/mol. The van der Waals surface area contributed by atoms with Gasteiger partial charge in [-0.15, -0.1) is 0 Å². The standard InChI is InChI=1S/C26H36N4O7S.C4H10/c1-18(2)15-30(38(34,35)20-9-10-23-24(12-20)37-17-36-23)16-22(31)21(11-19-7-5-4-6-8-19)29-26(33)14-28-25(32)13-27-3;1-4(2)3/h4-10,12,18,21-22,27,31H,11,13-17H2,1-3H3,(H,28,32)(H,29,33);4H,1-3H3/t21-,22+;/m0./s1. The number of carbonyl (C=O) groups excluding carboxylic acids is 2. The van der Waals surface area contributed by atoms with Gasteiger partial charge < -0.3 is 30.5 Å². The molecule has 0 saturated heterocycles. The van der Waals surface area contributed by atoms with Gasteiger partial charge in [0.15, 0.2) is 11.5 Å². The van der Waals surface area contributed by atoms with Gasteiger partial charge in [-0.3, -0.25) is 9.59 Å². The first-order valence-electron chi connectivity index (χ1n) is 14.2. The van der Waals surface area contributed by atoms with Crippen LogP contribution in [-0.4, -0.2) is 81.8 Å². The zero-order valence-electron chi connectivity index (χ0n) is 25.4.